The average molecular weight is 290 g/mol. The van der Waals surface area contributed by atoms with E-state index in [0.29, 0.717) is 5.56 Å². The first-order valence-electron chi connectivity index (χ1n) is 6.88. The number of hydrogen-bond donors (Lipinski definition) is 2. The first kappa shape index (κ1) is 13.8. The van der Waals surface area contributed by atoms with Gasteiger partial charge in [0.05, 0.1) is 5.56 Å². The van der Waals surface area contributed by atoms with Crippen LogP contribution in [-0.4, -0.2) is 10.9 Å². The van der Waals surface area contributed by atoms with Crippen LogP contribution < -0.4 is 10.9 Å². The number of carbonyl (C=O) groups excluding carboxylic acids is 1. The summed E-state index contributed by atoms with van der Waals surface area (Å²) in [6, 6.07) is 20.3. The zero-order valence-electron chi connectivity index (χ0n) is 11.7. The van der Waals surface area contributed by atoms with E-state index in [1.165, 1.54) is 18.3 Å². The molecule has 0 bridgehead atoms. The van der Waals surface area contributed by atoms with E-state index in [9.17, 15) is 9.59 Å². The van der Waals surface area contributed by atoms with E-state index in [0.717, 1.165) is 16.8 Å². The Bertz CT molecular complexity index is 834. The Hall–Kier alpha value is -3.14. The van der Waals surface area contributed by atoms with Crippen LogP contribution in [0.1, 0.15) is 10.4 Å². The Morgan fingerprint density at radius 2 is 1.59 bits per heavy atom. The second-order valence-electron chi connectivity index (χ2n) is 4.81. The molecule has 1 heterocycles. The molecule has 4 nitrogen and oxygen atoms in total. The van der Waals surface area contributed by atoms with Crippen molar-refractivity contribution in [1.29, 1.82) is 0 Å². The summed E-state index contributed by atoms with van der Waals surface area (Å²) in [5.41, 5.74) is 2.87. The third-order valence-electron chi connectivity index (χ3n) is 3.31. The predicted molar refractivity (Wildman–Crippen MR) is 86.9 cm³/mol. The minimum absolute atomic E-state index is 0.235. The van der Waals surface area contributed by atoms with Crippen molar-refractivity contribution in [2.75, 3.05) is 5.32 Å². The molecule has 0 radical (unpaired) electrons. The van der Waals surface area contributed by atoms with E-state index in [4.69, 9.17) is 0 Å². The maximum absolute atomic E-state index is 12.3. The molecule has 0 aliphatic heterocycles. The normalized spacial score (nSPS) is 10.2. The molecule has 0 atom stereocenters. The van der Waals surface area contributed by atoms with E-state index >= 15 is 0 Å². The van der Waals surface area contributed by atoms with Crippen LogP contribution in [0.5, 0.6) is 0 Å². The molecule has 2 N–H and O–H groups in total. The zero-order chi connectivity index (χ0) is 15.4. The first-order valence-corrected chi connectivity index (χ1v) is 6.88. The van der Waals surface area contributed by atoms with Crippen LogP contribution >= 0.6 is 0 Å². The standard InChI is InChI=1S/C18H14N2O2/c21-17-11-10-14(12-19-17)18(22)20-16-9-5-4-8-15(16)13-6-2-1-3-7-13/h1-12H,(H,19,21)(H,20,22). The number of para-hydroxylation sites is 1. The number of benzene rings is 2. The van der Waals surface area contributed by atoms with Gasteiger partial charge in [-0.1, -0.05) is 48.5 Å². The van der Waals surface area contributed by atoms with Crippen LogP contribution in [-0.2, 0) is 0 Å². The van der Waals surface area contributed by atoms with Gasteiger partial charge in [-0.15, -0.1) is 0 Å². The van der Waals surface area contributed by atoms with Gasteiger partial charge in [-0.25, -0.2) is 0 Å². The van der Waals surface area contributed by atoms with Gasteiger partial charge in [-0.3, -0.25) is 9.59 Å². The van der Waals surface area contributed by atoms with E-state index in [1.807, 2.05) is 54.6 Å². The molecular weight excluding hydrogens is 276 g/mol. The zero-order valence-corrected chi connectivity index (χ0v) is 11.7. The largest absolute Gasteiger partial charge is 0.328 e. The number of anilines is 1. The lowest BCUT2D eigenvalue weighted by molar-refractivity contribution is 0.102. The molecule has 2 aromatic carbocycles. The first-order chi connectivity index (χ1) is 10.7. The van der Waals surface area contributed by atoms with Gasteiger partial charge in [0.1, 0.15) is 0 Å². The Morgan fingerprint density at radius 1 is 0.864 bits per heavy atom. The highest BCUT2D eigenvalue weighted by atomic mass is 16.1. The molecule has 0 aliphatic carbocycles. The molecule has 22 heavy (non-hydrogen) atoms. The molecule has 0 aliphatic rings. The molecular formula is C18H14N2O2. The molecule has 1 aromatic heterocycles. The van der Waals surface area contributed by atoms with Crippen molar-refractivity contribution in [2.45, 2.75) is 0 Å². The molecule has 0 fully saturated rings. The Labute approximate surface area is 127 Å². The topological polar surface area (TPSA) is 62.0 Å². The number of aromatic nitrogens is 1. The fourth-order valence-electron chi connectivity index (χ4n) is 2.21. The highest BCUT2D eigenvalue weighted by Gasteiger charge is 2.09. The molecule has 3 rings (SSSR count). The number of H-pyrrole nitrogens is 1. The van der Waals surface area contributed by atoms with E-state index in [1.54, 1.807) is 0 Å². The Morgan fingerprint density at radius 3 is 2.32 bits per heavy atom. The van der Waals surface area contributed by atoms with Gasteiger partial charge >= 0.3 is 0 Å². The summed E-state index contributed by atoms with van der Waals surface area (Å²) in [5.74, 6) is -0.264. The Balaban J connectivity index is 1.91. The van der Waals surface area contributed by atoms with Crippen molar-refractivity contribution in [3.8, 4) is 11.1 Å². The highest BCUT2D eigenvalue weighted by Crippen LogP contribution is 2.27. The van der Waals surface area contributed by atoms with Crippen molar-refractivity contribution in [3.63, 3.8) is 0 Å². The molecule has 0 saturated carbocycles. The number of carbonyl (C=O) groups is 1. The average Bonchev–Trinajstić information content (AvgIpc) is 2.57. The van der Waals surface area contributed by atoms with Crippen LogP contribution in [0.4, 0.5) is 5.69 Å². The van der Waals surface area contributed by atoms with Crippen LogP contribution in [0.2, 0.25) is 0 Å². The molecule has 3 aromatic rings. The summed E-state index contributed by atoms with van der Waals surface area (Å²) in [7, 11) is 0. The summed E-state index contributed by atoms with van der Waals surface area (Å²) in [5, 5.41) is 2.88. The van der Waals surface area contributed by atoms with Crippen LogP contribution in [0.3, 0.4) is 0 Å². The lowest BCUT2D eigenvalue weighted by Crippen LogP contribution is -2.15. The summed E-state index contributed by atoms with van der Waals surface area (Å²) >= 11 is 0. The number of aromatic amines is 1. The molecule has 4 heteroatoms. The summed E-state index contributed by atoms with van der Waals surface area (Å²) in [4.78, 5) is 25.8. The summed E-state index contributed by atoms with van der Waals surface area (Å²) < 4.78 is 0. The molecule has 0 unspecified atom stereocenters. The van der Waals surface area contributed by atoms with Gasteiger partial charge in [0, 0.05) is 23.5 Å². The summed E-state index contributed by atoms with van der Waals surface area (Å²) in [6.45, 7) is 0. The third-order valence-corrected chi connectivity index (χ3v) is 3.31. The SMILES string of the molecule is O=C(Nc1ccccc1-c1ccccc1)c1ccc(=O)[nH]c1. The van der Waals surface area contributed by atoms with Gasteiger partial charge in [-0.05, 0) is 17.7 Å². The number of amides is 1. The van der Waals surface area contributed by atoms with Gasteiger partial charge in [0.2, 0.25) is 5.56 Å². The number of nitrogens with one attached hydrogen (secondary N) is 2. The van der Waals surface area contributed by atoms with Crippen molar-refractivity contribution in [3.05, 3.63) is 88.8 Å². The van der Waals surface area contributed by atoms with Crippen molar-refractivity contribution >= 4 is 11.6 Å². The van der Waals surface area contributed by atoms with E-state index in [-0.39, 0.29) is 11.5 Å². The van der Waals surface area contributed by atoms with Gasteiger partial charge < -0.3 is 10.3 Å². The fraction of sp³-hybridized carbons (Fsp3) is 0. The van der Waals surface area contributed by atoms with E-state index in [2.05, 4.69) is 10.3 Å². The van der Waals surface area contributed by atoms with Crippen LogP contribution in [0.25, 0.3) is 11.1 Å². The van der Waals surface area contributed by atoms with Crippen LogP contribution in [0.15, 0.2) is 77.7 Å². The quantitative estimate of drug-likeness (QED) is 0.777. The number of pyridine rings is 1. The highest BCUT2D eigenvalue weighted by molar-refractivity contribution is 6.06. The smallest absolute Gasteiger partial charge is 0.257 e. The monoisotopic (exact) mass is 290 g/mol. The van der Waals surface area contributed by atoms with Crippen molar-refractivity contribution in [1.82, 2.24) is 4.98 Å². The van der Waals surface area contributed by atoms with Gasteiger partial charge in [0.15, 0.2) is 0 Å². The second kappa shape index (κ2) is 6.10. The van der Waals surface area contributed by atoms with E-state index < -0.39 is 0 Å². The van der Waals surface area contributed by atoms with Crippen molar-refractivity contribution in [2.24, 2.45) is 0 Å². The number of rotatable bonds is 3. The molecule has 0 saturated heterocycles. The molecule has 0 spiro atoms. The summed E-state index contributed by atoms with van der Waals surface area (Å²) in [6.07, 6.45) is 1.41. The minimum atomic E-state index is -0.264. The number of hydrogen-bond acceptors (Lipinski definition) is 2. The lowest BCUT2D eigenvalue weighted by Gasteiger charge is -2.11. The maximum Gasteiger partial charge on any atom is 0.257 e. The maximum atomic E-state index is 12.3. The van der Waals surface area contributed by atoms with Crippen LogP contribution in [0, 0.1) is 0 Å². The molecule has 108 valence electrons. The predicted octanol–water partition coefficient (Wildman–Crippen LogP) is 3.29. The van der Waals surface area contributed by atoms with Crippen molar-refractivity contribution < 1.29 is 4.79 Å². The van der Waals surface area contributed by atoms with Gasteiger partial charge in [-0.2, -0.15) is 0 Å². The third kappa shape index (κ3) is 2.96. The van der Waals surface area contributed by atoms with Gasteiger partial charge in [0.25, 0.3) is 5.91 Å². The lowest BCUT2D eigenvalue weighted by atomic mass is 10.0. The fourth-order valence-corrected chi connectivity index (χ4v) is 2.21. The minimum Gasteiger partial charge on any atom is -0.328 e. The second-order valence-corrected chi connectivity index (χ2v) is 4.81. The molecule has 1 amide bonds. The Kier molecular flexibility index (Phi) is 3.83.